The van der Waals surface area contributed by atoms with Gasteiger partial charge >= 0.3 is 0 Å². The number of hydrogen-bond acceptors (Lipinski definition) is 3. The SMILES string of the molecule is Cc1ccccc1C(CN)(CO)Cc1c(Cl)c(C)nn1C. The van der Waals surface area contributed by atoms with Crippen LogP contribution >= 0.6 is 11.6 Å². The maximum Gasteiger partial charge on any atom is 0.0847 e. The lowest BCUT2D eigenvalue weighted by Gasteiger charge is -2.32. The van der Waals surface area contributed by atoms with Crippen LogP contribution < -0.4 is 5.73 Å². The number of aliphatic hydroxyl groups is 1. The molecule has 0 radical (unpaired) electrons. The van der Waals surface area contributed by atoms with Crippen molar-refractivity contribution in [3.63, 3.8) is 0 Å². The molecule has 4 nitrogen and oxygen atoms in total. The van der Waals surface area contributed by atoms with Crippen LogP contribution in [0.2, 0.25) is 5.02 Å². The third kappa shape index (κ3) is 2.84. The highest BCUT2D eigenvalue weighted by atomic mass is 35.5. The van der Waals surface area contributed by atoms with E-state index in [0.29, 0.717) is 18.0 Å². The van der Waals surface area contributed by atoms with Gasteiger partial charge in [0.25, 0.3) is 0 Å². The minimum atomic E-state index is -0.546. The predicted octanol–water partition coefficient (Wildman–Crippen LogP) is 2.12. The maximum atomic E-state index is 10.1. The summed E-state index contributed by atoms with van der Waals surface area (Å²) in [6.07, 6.45) is 0.557. The lowest BCUT2D eigenvalue weighted by molar-refractivity contribution is 0.193. The number of hydrogen-bond donors (Lipinski definition) is 2. The molecular formula is C16H22ClN3O. The third-order valence-electron chi connectivity index (χ3n) is 4.18. The average molecular weight is 308 g/mol. The van der Waals surface area contributed by atoms with Crippen LogP contribution in [-0.2, 0) is 18.9 Å². The quantitative estimate of drug-likeness (QED) is 0.889. The summed E-state index contributed by atoms with van der Waals surface area (Å²) in [5.74, 6) is 0. The normalized spacial score (nSPS) is 14.2. The Labute approximate surface area is 130 Å². The Bertz CT molecular complexity index is 632. The van der Waals surface area contributed by atoms with Crippen molar-refractivity contribution in [3.05, 3.63) is 51.8 Å². The van der Waals surface area contributed by atoms with Gasteiger partial charge in [-0.15, -0.1) is 0 Å². The molecule has 2 rings (SSSR count). The van der Waals surface area contributed by atoms with Gasteiger partial charge in [0.15, 0.2) is 0 Å². The fourth-order valence-corrected chi connectivity index (χ4v) is 3.07. The summed E-state index contributed by atoms with van der Waals surface area (Å²) < 4.78 is 1.77. The van der Waals surface area contributed by atoms with Crippen LogP contribution in [0.15, 0.2) is 24.3 Å². The van der Waals surface area contributed by atoms with E-state index in [0.717, 1.165) is 22.5 Å². The van der Waals surface area contributed by atoms with Crippen molar-refractivity contribution < 1.29 is 5.11 Å². The van der Waals surface area contributed by atoms with E-state index < -0.39 is 5.41 Å². The van der Waals surface area contributed by atoms with Gasteiger partial charge in [0.05, 0.1) is 23.0 Å². The molecule has 21 heavy (non-hydrogen) atoms. The molecule has 0 amide bonds. The first-order valence-electron chi connectivity index (χ1n) is 7.00. The summed E-state index contributed by atoms with van der Waals surface area (Å²) in [5, 5.41) is 15.0. The second kappa shape index (κ2) is 6.18. The summed E-state index contributed by atoms with van der Waals surface area (Å²) in [6.45, 7) is 4.22. The van der Waals surface area contributed by atoms with Crippen LogP contribution in [0.4, 0.5) is 0 Å². The fourth-order valence-electron chi connectivity index (χ4n) is 2.84. The summed E-state index contributed by atoms with van der Waals surface area (Å²) in [7, 11) is 1.87. The summed E-state index contributed by atoms with van der Waals surface area (Å²) >= 11 is 6.36. The zero-order valence-corrected chi connectivity index (χ0v) is 13.5. The zero-order valence-electron chi connectivity index (χ0n) is 12.7. The van der Waals surface area contributed by atoms with E-state index in [9.17, 15) is 5.11 Å². The van der Waals surface area contributed by atoms with E-state index in [1.165, 1.54) is 0 Å². The van der Waals surface area contributed by atoms with E-state index in [2.05, 4.69) is 5.10 Å². The molecule has 0 aliphatic carbocycles. The number of benzene rings is 1. The Kier molecular flexibility index (Phi) is 4.71. The molecule has 114 valence electrons. The first-order chi connectivity index (χ1) is 9.95. The molecule has 0 aliphatic heterocycles. The zero-order chi connectivity index (χ0) is 15.6. The topological polar surface area (TPSA) is 64.1 Å². The van der Waals surface area contributed by atoms with E-state index in [-0.39, 0.29) is 6.61 Å². The Morgan fingerprint density at radius 3 is 2.48 bits per heavy atom. The molecule has 1 atom stereocenters. The van der Waals surface area contributed by atoms with E-state index in [1.807, 2.05) is 45.2 Å². The van der Waals surface area contributed by atoms with Crippen molar-refractivity contribution in [2.75, 3.05) is 13.2 Å². The molecule has 2 aromatic rings. The van der Waals surface area contributed by atoms with Crippen molar-refractivity contribution in [3.8, 4) is 0 Å². The van der Waals surface area contributed by atoms with Gasteiger partial charge in [0.2, 0.25) is 0 Å². The molecule has 0 saturated carbocycles. The molecule has 0 saturated heterocycles. The number of halogens is 1. The monoisotopic (exact) mass is 307 g/mol. The lowest BCUT2D eigenvalue weighted by atomic mass is 9.75. The minimum absolute atomic E-state index is 0.0328. The smallest absolute Gasteiger partial charge is 0.0847 e. The second-order valence-electron chi connectivity index (χ2n) is 5.60. The molecule has 0 bridgehead atoms. The molecule has 0 fully saturated rings. The summed E-state index contributed by atoms with van der Waals surface area (Å²) in [6, 6.07) is 8.01. The molecule has 1 unspecified atom stereocenters. The van der Waals surface area contributed by atoms with Crippen molar-refractivity contribution in [2.45, 2.75) is 25.7 Å². The van der Waals surface area contributed by atoms with Gasteiger partial charge in [-0.2, -0.15) is 5.10 Å². The average Bonchev–Trinajstić information content (AvgIpc) is 2.71. The van der Waals surface area contributed by atoms with Gasteiger partial charge in [-0.1, -0.05) is 35.9 Å². The van der Waals surface area contributed by atoms with Crippen molar-refractivity contribution in [2.24, 2.45) is 12.8 Å². The Morgan fingerprint density at radius 2 is 2.00 bits per heavy atom. The molecule has 5 heteroatoms. The highest BCUT2D eigenvalue weighted by Gasteiger charge is 2.34. The van der Waals surface area contributed by atoms with E-state index in [1.54, 1.807) is 4.68 Å². The van der Waals surface area contributed by atoms with Crippen LogP contribution in [0.3, 0.4) is 0 Å². The molecule has 0 spiro atoms. The number of aromatic nitrogens is 2. The molecule has 3 N–H and O–H groups in total. The van der Waals surface area contributed by atoms with Gasteiger partial charge in [-0.3, -0.25) is 4.68 Å². The van der Waals surface area contributed by atoms with Crippen LogP contribution in [0.25, 0.3) is 0 Å². The molecular weight excluding hydrogens is 286 g/mol. The highest BCUT2D eigenvalue weighted by Crippen LogP contribution is 2.32. The van der Waals surface area contributed by atoms with E-state index in [4.69, 9.17) is 17.3 Å². The summed E-state index contributed by atoms with van der Waals surface area (Å²) in [5.41, 5.74) is 9.37. The number of rotatable bonds is 5. The van der Waals surface area contributed by atoms with Crippen LogP contribution in [0.5, 0.6) is 0 Å². The van der Waals surface area contributed by atoms with Gasteiger partial charge in [-0.05, 0) is 25.0 Å². The Hall–Kier alpha value is -1.36. The van der Waals surface area contributed by atoms with Crippen molar-refractivity contribution >= 4 is 11.6 Å². The number of aryl methyl sites for hydroxylation is 3. The van der Waals surface area contributed by atoms with Gasteiger partial charge in [0.1, 0.15) is 0 Å². The standard InChI is InChI=1S/C16H22ClN3O/c1-11-6-4-5-7-13(11)16(9-18,10-21)8-14-15(17)12(2)19-20(14)3/h4-7,21H,8-10,18H2,1-3H3. The third-order valence-corrected chi connectivity index (χ3v) is 4.67. The predicted molar refractivity (Wildman–Crippen MR) is 85.7 cm³/mol. The van der Waals surface area contributed by atoms with Crippen LogP contribution in [0, 0.1) is 13.8 Å². The molecule has 1 aromatic heterocycles. The van der Waals surface area contributed by atoms with E-state index >= 15 is 0 Å². The molecule has 1 aromatic carbocycles. The number of aliphatic hydroxyl groups excluding tert-OH is 1. The van der Waals surface area contributed by atoms with Gasteiger partial charge in [-0.25, -0.2) is 0 Å². The van der Waals surface area contributed by atoms with Crippen LogP contribution in [0.1, 0.15) is 22.5 Å². The first kappa shape index (κ1) is 16.0. The molecule has 1 heterocycles. The maximum absolute atomic E-state index is 10.1. The Morgan fingerprint density at radius 1 is 1.33 bits per heavy atom. The van der Waals surface area contributed by atoms with Crippen LogP contribution in [-0.4, -0.2) is 28.0 Å². The first-order valence-corrected chi connectivity index (χ1v) is 7.38. The van der Waals surface area contributed by atoms with Crippen molar-refractivity contribution in [1.29, 1.82) is 0 Å². The fraction of sp³-hybridized carbons (Fsp3) is 0.438. The highest BCUT2D eigenvalue weighted by molar-refractivity contribution is 6.31. The second-order valence-corrected chi connectivity index (χ2v) is 5.98. The van der Waals surface area contributed by atoms with Gasteiger partial charge in [0, 0.05) is 25.4 Å². The van der Waals surface area contributed by atoms with Crippen molar-refractivity contribution in [1.82, 2.24) is 9.78 Å². The molecule has 0 aliphatic rings. The minimum Gasteiger partial charge on any atom is -0.395 e. The largest absolute Gasteiger partial charge is 0.395 e. The van der Waals surface area contributed by atoms with Gasteiger partial charge < -0.3 is 10.8 Å². The number of nitrogens with zero attached hydrogens (tertiary/aromatic N) is 2. The summed E-state index contributed by atoms with van der Waals surface area (Å²) in [4.78, 5) is 0. The Balaban J connectivity index is 2.51. The number of nitrogens with two attached hydrogens (primary N) is 1. The lowest BCUT2D eigenvalue weighted by Crippen LogP contribution is -2.42.